The molecule has 0 atom stereocenters. The van der Waals surface area contributed by atoms with Crippen LogP contribution in [0.4, 0.5) is 10.1 Å². The molecule has 2 aromatic carbocycles. The molecule has 0 saturated heterocycles. The minimum absolute atomic E-state index is 0.0911. The van der Waals surface area contributed by atoms with Crippen LogP contribution < -0.4 is 5.32 Å². The molecule has 0 aromatic heterocycles. The second kappa shape index (κ2) is 5.50. The number of Topliss-reactive ketones (excluding diaryl/α,β-unsaturated/α-hetero) is 1. The summed E-state index contributed by atoms with van der Waals surface area (Å²) in [7, 11) is 0. The first-order chi connectivity index (χ1) is 10.0. The summed E-state index contributed by atoms with van der Waals surface area (Å²) < 4.78 is 14.0. The Balaban J connectivity index is 1.81. The summed E-state index contributed by atoms with van der Waals surface area (Å²) in [6.07, 6.45) is 0. The van der Waals surface area contributed by atoms with Crippen molar-refractivity contribution in [2.24, 2.45) is 0 Å². The third-order valence-corrected chi connectivity index (χ3v) is 4.43. The Kier molecular flexibility index (Phi) is 3.69. The zero-order chi connectivity index (χ0) is 15.0. The van der Waals surface area contributed by atoms with Crippen molar-refractivity contribution in [3.63, 3.8) is 0 Å². The van der Waals surface area contributed by atoms with Gasteiger partial charge in [-0.15, -0.1) is 11.8 Å². The molecule has 3 rings (SSSR count). The maximum Gasteiger partial charge on any atom is 0.296 e. The highest BCUT2D eigenvalue weighted by atomic mass is 35.5. The molecule has 0 fully saturated rings. The number of carbonyl (C=O) groups excluding carboxylic acids is 2. The lowest BCUT2D eigenvalue weighted by molar-refractivity contribution is -0.112. The molecule has 1 N–H and O–H groups in total. The molecule has 3 nitrogen and oxygen atoms in total. The van der Waals surface area contributed by atoms with Gasteiger partial charge in [0.05, 0.1) is 11.3 Å². The van der Waals surface area contributed by atoms with E-state index in [-0.39, 0.29) is 5.56 Å². The van der Waals surface area contributed by atoms with Gasteiger partial charge in [-0.2, -0.15) is 0 Å². The monoisotopic (exact) mass is 321 g/mol. The number of benzene rings is 2. The zero-order valence-corrected chi connectivity index (χ0v) is 12.2. The van der Waals surface area contributed by atoms with Gasteiger partial charge in [0.25, 0.3) is 11.7 Å². The second-order valence-corrected chi connectivity index (χ2v) is 5.98. The van der Waals surface area contributed by atoms with Crippen LogP contribution in [0.25, 0.3) is 0 Å². The second-order valence-electron chi connectivity index (χ2n) is 4.53. The Hall–Kier alpha value is -1.85. The van der Waals surface area contributed by atoms with Crippen LogP contribution in [0.15, 0.2) is 41.3 Å². The first-order valence-corrected chi connectivity index (χ1v) is 7.47. The normalized spacial score (nSPS) is 13.2. The number of carbonyl (C=O) groups is 2. The molecular formula is C15H9ClFNO2S. The van der Waals surface area contributed by atoms with Gasteiger partial charge in [-0.1, -0.05) is 23.7 Å². The fraction of sp³-hybridized carbons (Fsp3) is 0.0667. The number of nitrogens with one attached hydrogen (secondary N) is 1. The molecule has 1 amide bonds. The van der Waals surface area contributed by atoms with E-state index >= 15 is 0 Å². The lowest BCUT2D eigenvalue weighted by Crippen LogP contribution is -2.12. The largest absolute Gasteiger partial charge is 0.318 e. The van der Waals surface area contributed by atoms with Crippen molar-refractivity contribution in [2.75, 3.05) is 5.32 Å². The molecule has 6 heteroatoms. The van der Waals surface area contributed by atoms with Crippen molar-refractivity contribution in [3.8, 4) is 0 Å². The molecule has 1 aliphatic rings. The number of rotatable bonds is 3. The van der Waals surface area contributed by atoms with Crippen molar-refractivity contribution in [1.29, 1.82) is 0 Å². The number of thioether (sulfide) groups is 1. The van der Waals surface area contributed by atoms with Gasteiger partial charge in [0.15, 0.2) is 0 Å². The van der Waals surface area contributed by atoms with E-state index in [2.05, 4.69) is 5.32 Å². The molecule has 0 radical (unpaired) electrons. The fourth-order valence-corrected chi connectivity index (χ4v) is 3.04. The average molecular weight is 322 g/mol. The molecule has 0 bridgehead atoms. The quantitative estimate of drug-likeness (QED) is 0.688. The Labute approximate surface area is 129 Å². The van der Waals surface area contributed by atoms with Gasteiger partial charge >= 0.3 is 0 Å². The number of fused-ring (bicyclic) bond motifs is 1. The SMILES string of the molecule is O=C1Nc2cc(SCc3ccc(Cl)cc3)c(F)cc2C1=O. The van der Waals surface area contributed by atoms with Crippen LogP contribution in [-0.4, -0.2) is 11.7 Å². The molecule has 0 saturated carbocycles. The smallest absolute Gasteiger partial charge is 0.296 e. The maximum atomic E-state index is 14.0. The third-order valence-electron chi connectivity index (χ3n) is 3.08. The minimum Gasteiger partial charge on any atom is -0.318 e. The zero-order valence-electron chi connectivity index (χ0n) is 10.7. The van der Waals surface area contributed by atoms with Crippen molar-refractivity contribution >= 4 is 40.7 Å². The molecule has 2 aromatic rings. The third kappa shape index (κ3) is 2.80. The number of hydrogen-bond donors (Lipinski definition) is 1. The van der Waals surface area contributed by atoms with Gasteiger partial charge in [-0.3, -0.25) is 9.59 Å². The number of ketones is 1. The summed E-state index contributed by atoms with van der Waals surface area (Å²) in [6.45, 7) is 0. The van der Waals surface area contributed by atoms with Gasteiger partial charge in [-0.05, 0) is 29.8 Å². The highest BCUT2D eigenvalue weighted by Crippen LogP contribution is 2.33. The molecule has 21 heavy (non-hydrogen) atoms. The molecule has 106 valence electrons. The fourth-order valence-electron chi connectivity index (χ4n) is 2.00. The molecule has 0 unspecified atom stereocenters. The van der Waals surface area contributed by atoms with Crippen LogP contribution >= 0.6 is 23.4 Å². The summed E-state index contributed by atoms with van der Waals surface area (Å²) in [4.78, 5) is 23.1. The van der Waals surface area contributed by atoms with Crippen LogP contribution in [0.1, 0.15) is 15.9 Å². The Morgan fingerprint density at radius 2 is 1.86 bits per heavy atom. The first-order valence-electron chi connectivity index (χ1n) is 6.11. The highest BCUT2D eigenvalue weighted by molar-refractivity contribution is 7.98. The standard InChI is InChI=1S/C15H9ClFNO2S/c16-9-3-1-8(2-4-9)7-21-13-6-12-10(5-11(13)17)14(19)15(20)18-12/h1-6H,7H2,(H,18,19,20). The summed E-state index contributed by atoms with van der Waals surface area (Å²) in [5.74, 6) is -1.35. The minimum atomic E-state index is -0.718. The summed E-state index contributed by atoms with van der Waals surface area (Å²) in [5.41, 5.74) is 1.46. The van der Waals surface area contributed by atoms with Gasteiger partial charge in [0.2, 0.25) is 0 Å². The van der Waals surface area contributed by atoms with Crippen LogP contribution in [-0.2, 0) is 10.5 Å². The first kappa shape index (κ1) is 14.1. The van der Waals surface area contributed by atoms with Crippen molar-refractivity contribution in [2.45, 2.75) is 10.6 Å². The topological polar surface area (TPSA) is 46.2 Å². The predicted octanol–water partition coefficient (Wildman–Crippen LogP) is 3.91. The Morgan fingerprint density at radius 3 is 2.57 bits per heavy atom. The van der Waals surface area contributed by atoms with Gasteiger partial charge < -0.3 is 5.32 Å². The predicted molar refractivity (Wildman–Crippen MR) is 80.4 cm³/mol. The Morgan fingerprint density at radius 1 is 1.14 bits per heavy atom. The van der Waals surface area contributed by atoms with E-state index in [9.17, 15) is 14.0 Å². The van der Waals surface area contributed by atoms with Crippen LogP contribution in [0.2, 0.25) is 5.02 Å². The summed E-state index contributed by atoms with van der Waals surface area (Å²) in [6, 6.07) is 9.89. The molecular weight excluding hydrogens is 313 g/mol. The van der Waals surface area contributed by atoms with Crippen molar-refractivity contribution < 1.29 is 14.0 Å². The average Bonchev–Trinajstić information content (AvgIpc) is 2.73. The lowest BCUT2D eigenvalue weighted by atomic mass is 10.1. The van der Waals surface area contributed by atoms with E-state index < -0.39 is 17.5 Å². The summed E-state index contributed by atoms with van der Waals surface area (Å²) >= 11 is 7.10. The maximum absolute atomic E-state index is 14.0. The van der Waals surface area contributed by atoms with Crippen LogP contribution in [0.3, 0.4) is 0 Å². The van der Waals surface area contributed by atoms with E-state index in [0.29, 0.717) is 21.4 Å². The van der Waals surface area contributed by atoms with Gasteiger partial charge in [0, 0.05) is 15.7 Å². The van der Waals surface area contributed by atoms with E-state index in [1.807, 2.05) is 12.1 Å². The van der Waals surface area contributed by atoms with E-state index in [0.717, 1.165) is 11.6 Å². The van der Waals surface area contributed by atoms with Crippen molar-refractivity contribution in [3.05, 3.63) is 58.4 Å². The van der Waals surface area contributed by atoms with E-state index in [4.69, 9.17) is 11.6 Å². The van der Waals surface area contributed by atoms with Crippen molar-refractivity contribution in [1.82, 2.24) is 0 Å². The summed E-state index contributed by atoms with van der Waals surface area (Å²) in [5, 5.41) is 3.08. The molecule has 0 aliphatic carbocycles. The Bertz CT molecular complexity index is 746. The number of anilines is 1. The number of hydrogen-bond acceptors (Lipinski definition) is 3. The van der Waals surface area contributed by atoms with Crippen LogP contribution in [0, 0.1) is 5.82 Å². The molecule has 1 aliphatic heterocycles. The lowest BCUT2D eigenvalue weighted by Gasteiger charge is -2.06. The molecule has 0 spiro atoms. The van der Waals surface area contributed by atoms with E-state index in [1.54, 1.807) is 12.1 Å². The number of amides is 1. The number of halogens is 2. The highest BCUT2D eigenvalue weighted by Gasteiger charge is 2.29. The van der Waals surface area contributed by atoms with E-state index in [1.165, 1.54) is 17.8 Å². The van der Waals surface area contributed by atoms with Crippen LogP contribution in [0.5, 0.6) is 0 Å². The van der Waals surface area contributed by atoms with Gasteiger partial charge in [-0.25, -0.2) is 4.39 Å². The molecule has 1 heterocycles. The van der Waals surface area contributed by atoms with Gasteiger partial charge in [0.1, 0.15) is 5.82 Å².